The number of benzene rings is 1. The molecule has 1 aliphatic rings. The third-order valence-electron chi connectivity index (χ3n) is 4.03. The van der Waals surface area contributed by atoms with Gasteiger partial charge in [0.05, 0.1) is 12.5 Å². The third-order valence-corrected chi connectivity index (χ3v) is 4.03. The van der Waals surface area contributed by atoms with Crippen LogP contribution in [0.3, 0.4) is 0 Å². The minimum Gasteiger partial charge on any atom is -0.466 e. The van der Waals surface area contributed by atoms with Gasteiger partial charge in [0.2, 0.25) is 0 Å². The van der Waals surface area contributed by atoms with E-state index in [4.69, 9.17) is 4.74 Å². The third kappa shape index (κ3) is 3.92. The maximum absolute atomic E-state index is 12.0. The molecular weight excluding hydrogens is 252 g/mol. The smallest absolute Gasteiger partial charge is 0.309 e. The summed E-state index contributed by atoms with van der Waals surface area (Å²) < 4.78 is 5.15. The van der Waals surface area contributed by atoms with Crippen molar-refractivity contribution in [2.24, 2.45) is 11.8 Å². The lowest BCUT2D eigenvalue weighted by molar-refractivity contribution is -0.152. The molecule has 3 nitrogen and oxygen atoms in total. The second-order valence-corrected chi connectivity index (χ2v) is 5.42. The monoisotopic (exact) mass is 274 g/mol. The van der Waals surface area contributed by atoms with E-state index in [9.17, 15) is 9.59 Å². The molecule has 1 aliphatic carbocycles. The standard InChI is InChI=1S/C17H22O3/c1-2-20-17(19)16-11-10-15(18)12-14(16)9-8-13-6-4-3-5-7-13/h3-7,14,16H,2,8-12H2,1H3. The van der Waals surface area contributed by atoms with Gasteiger partial charge in [-0.2, -0.15) is 0 Å². The number of Topliss-reactive ketones (excluding diaryl/α,β-unsaturated/α-hetero) is 1. The van der Waals surface area contributed by atoms with E-state index in [1.165, 1.54) is 5.56 Å². The molecule has 0 saturated heterocycles. The lowest BCUT2D eigenvalue weighted by atomic mass is 9.76. The van der Waals surface area contributed by atoms with E-state index >= 15 is 0 Å². The van der Waals surface area contributed by atoms with Gasteiger partial charge in [0.1, 0.15) is 5.78 Å². The van der Waals surface area contributed by atoms with Crippen LogP contribution in [0.2, 0.25) is 0 Å². The fraction of sp³-hybridized carbons (Fsp3) is 0.529. The van der Waals surface area contributed by atoms with Gasteiger partial charge in [-0.05, 0) is 37.7 Å². The van der Waals surface area contributed by atoms with Gasteiger partial charge in [-0.1, -0.05) is 30.3 Å². The SMILES string of the molecule is CCOC(=O)C1CCC(=O)CC1CCc1ccccc1. The molecule has 0 N–H and O–H groups in total. The molecule has 0 aromatic heterocycles. The van der Waals surface area contributed by atoms with Crippen molar-refractivity contribution in [3.05, 3.63) is 35.9 Å². The van der Waals surface area contributed by atoms with Gasteiger partial charge >= 0.3 is 5.97 Å². The van der Waals surface area contributed by atoms with Crippen LogP contribution >= 0.6 is 0 Å². The van der Waals surface area contributed by atoms with Gasteiger partial charge in [-0.25, -0.2) is 0 Å². The highest BCUT2D eigenvalue weighted by Gasteiger charge is 2.34. The maximum atomic E-state index is 12.0. The van der Waals surface area contributed by atoms with E-state index in [1.54, 1.807) is 0 Å². The highest BCUT2D eigenvalue weighted by atomic mass is 16.5. The predicted octanol–water partition coefficient (Wildman–Crippen LogP) is 3.17. The van der Waals surface area contributed by atoms with E-state index in [0.717, 1.165) is 12.8 Å². The van der Waals surface area contributed by atoms with E-state index in [2.05, 4.69) is 12.1 Å². The summed E-state index contributed by atoms with van der Waals surface area (Å²) in [6.45, 7) is 2.24. The zero-order valence-corrected chi connectivity index (χ0v) is 12.0. The molecule has 0 spiro atoms. The summed E-state index contributed by atoms with van der Waals surface area (Å²) in [7, 11) is 0. The Labute approximate surface area is 120 Å². The number of ether oxygens (including phenoxy) is 1. The summed E-state index contributed by atoms with van der Waals surface area (Å²) in [5, 5.41) is 0. The molecule has 2 unspecified atom stereocenters. The molecule has 0 heterocycles. The molecule has 1 aromatic carbocycles. The van der Waals surface area contributed by atoms with E-state index in [1.807, 2.05) is 25.1 Å². The Balaban J connectivity index is 1.97. The maximum Gasteiger partial charge on any atom is 0.309 e. The largest absolute Gasteiger partial charge is 0.466 e. The molecular formula is C17H22O3. The minimum atomic E-state index is -0.127. The lowest BCUT2D eigenvalue weighted by Crippen LogP contribution is -2.32. The van der Waals surface area contributed by atoms with Gasteiger partial charge in [0.15, 0.2) is 0 Å². The van der Waals surface area contributed by atoms with Crippen molar-refractivity contribution >= 4 is 11.8 Å². The van der Waals surface area contributed by atoms with Crippen molar-refractivity contribution in [1.29, 1.82) is 0 Å². The van der Waals surface area contributed by atoms with E-state index in [0.29, 0.717) is 25.9 Å². The van der Waals surface area contributed by atoms with E-state index in [-0.39, 0.29) is 23.6 Å². The van der Waals surface area contributed by atoms with Gasteiger partial charge in [-0.15, -0.1) is 0 Å². The molecule has 1 aromatic rings. The molecule has 2 rings (SSSR count). The first-order chi connectivity index (χ1) is 9.70. The number of hydrogen-bond donors (Lipinski definition) is 0. The Morgan fingerprint density at radius 1 is 1.30 bits per heavy atom. The predicted molar refractivity (Wildman–Crippen MR) is 77.2 cm³/mol. The van der Waals surface area contributed by atoms with Crippen LogP contribution in [0.1, 0.15) is 38.2 Å². The Bertz CT molecular complexity index is 453. The summed E-state index contributed by atoms with van der Waals surface area (Å²) in [6, 6.07) is 10.2. The molecule has 3 heteroatoms. The van der Waals surface area contributed by atoms with Gasteiger partial charge in [0, 0.05) is 12.8 Å². The topological polar surface area (TPSA) is 43.4 Å². The van der Waals surface area contributed by atoms with Crippen molar-refractivity contribution in [1.82, 2.24) is 0 Å². The Hall–Kier alpha value is -1.64. The van der Waals surface area contributed by atoms with Crippen LogP contribution in [0.4, 0.5) is 0 Å². The van der Waals surface area contributed by atoms with Gasteiger partial charge in [0.25, 0.3) is 0 Å². The first kappa shape index (κ1) is 14.8. The number of ketones is 1. The molecule has 20 heavy (non-hydrogen) atoms. The highest BCUT2D eigenvalue weighted by molar-refractivity contribution is 5.83. The zero-order chi connectivity index (χ0) is 14.4. The van der Waals surface area contributed by atoms with Crippen molar-refractivity contribution in [2.75, 3.05) is 6.61 Å². The number of aryl methyl sites for hydroxylation is 1. The second kappa shape index (κ2) is 7.22. The van der Waals surface area contributed by atoms with Crippen molar-refractivity contribution in [3.63, 3.8) is 0 Å². The summed E-state index contributed by atoms with van der Waals surface area (Å²) in [4.78, 5) is 23.7. The molecule has 0 bridgehead atoms. The van der Waals surface area contributed by atoms with Crippen molar-refractivity contribution in [3.8, 4) is 0 Å². The molecule has 1 saturated carbocycles. The minimum absolute atomic E-state index is 0.101. The fourth-order valence-corrected chi connectivity index (χ4v) is 2.95. The fourth-order valence-electron chi connectivity index (χ4n) is 2.95. The molecule has 1 fully saturated rings. The van der Waals surface area contributed by atoms with Crippen LogP contribution in [0.5, 0.6) is 0 Å². The molecule has 108 valence electrons. The number of rotatable bonds is 5. The average molecular weight is 274 g/mol. The Kier molecular flexibility index (Phi) is 5.33. The van der Waals surface area contributed by atoms with Gasteiger partial charge in [-0.3, -0.25) is 9.59 Å². The first-order valence-corrected chi connectivity index (χ1v) is 7.43. The second-order valence-electron chi connectivity index (χ2n) is 5.42. The average Bonchev–Trinajstić information content (AvgIpc) is 2.46. The zero-order valence-electron chi connectivity index (χ0n) is 12.0. The number of carbonyl (C=O) groups excluding carboxylic acids is 2. The molecule has 0 amide bonds. The Morgan fingerprint density at radius 2 is 2.05 bits per heavy atom. The van der Waals surface area contributed by atoms with Crippen LogP contribution in [-0.2, 0) is 20.7 Å². The van der Waals surface area contributed by atoms with Crippen LogP contribution < -0.4 is 0 Å². The number of esters is 1. The van der Waals surface area contributed by atoms with E-state index < -0.39 is 0 Å². The van der Waals surface area contributed by atoms with Crippen molar-refractivity contribution in [2.45, 2.75) is 39.0 Å². The van der Waals surface area contributed by atoms with Crippen LogP contribution in [0.15, 0.2) is 30.3 Å². The van der Waals surface area contributed by atoms with Crippen LogP contribution in [-0.4, -0.2) is 18.4 Å². The Morgan fingerprint density at radius 3 is 2.75 bits per heavy atom. The van der Waals surface area contributed by atoms with Gasteiger partial charge < -0.3 is 4.74 Å². The lowest BCUT2D eigenvalue weighted by Gasteiger charge is -2.29. The normalized spacial score (nSPS) is 22.6. The van der Waals surface area contributed by atoms with Crippen LogP contribution in [0, 0.1) is 11.8 Å². The summed E-state index contributed by atoms with van der Waals surface area (Å²) in [6.07, 6.45) is 3.48. The molecule has 0 radical (unpaired) electrons. The van der Waals surface area contributed by atoms with Crippen LogP contribution in [0.25, 0.3) is 0 Å². The molecule has 0 aliphatic heterocycles. The summed E-state index contributed by atoms with van der Waals surface area (Å²) in [5.74, 6) is 0.188. The summed E-state index contributed by atoms with van der Waals surface area (Å²) >= 11 is 0. The number of hydrogen-bond acceptors (Lipinski definition) is 3. The summed E-state index contributed by atoms with van der Waals surface area (Å²) in [5.41, 5.74) is 1.26. The molecule has 2 atom stereocenters. The first-order valence-electron chi connectivity index (χ1n) is 7.43. The highest BCUT2D eigenvalue weighted by Crippen LogP contribution is 2.32. The number of carbonyl (C=O) groups is 2. The van der Waals surface area contributed by atoms with Crippen molar-refractivity contribution < 1.29 is 14.3 Å². The quantitative estimate of drug-likeness (QED) is 0.775.